The van der Waals surface area contributed by atoms with Gasteiger partial charge in [-0.1, -0.05) is 17.7 Å². The Balaban J connectivity index is 1.66. The Morgan fingerprint density at radius 3 is 2.67 bits per heavy atom. The Bertz CT molecular complexity index is 1070. The Morgan fingerprint density at radius 2 is 2.04 bits per heavy atom. The van der Waals surface area contributed by atoms with Crippen LogP contribution in [0.3, 0.4) is 0 Å². The van der Waals surface area contributed by atoms with E-state index in [-0.39, 0.29) is 29.1 Å². The molecule has 0 saturated carbocycles. The first kappa shape index (κ1) is 18.2. The quantitative estimate of drug-likeness (QED) is 0.693. The van der Waals surface area contributed by atoms with Crippen molar-refractivity contribution < 1.29 is 13.2 Å². The molecule has 1 aromatic carbocycles. The molecule has 140 valence electrons. The smallest absolute Gasteiger partial charge is 0.276 e. The van der Waals surface area contributed by atoms with Crippen LogP contribution in [0.1, 0.15) is 23.0 Å². The van der Waals surface area contributed by atoms with Crippen molar-refractivity contribution in [3.8, 4) is 10.6 Å². The maximum atomic E-state index is 12.6. The third-order valence-electron chi connectivity index (χ3n) is 4.40. The summed E-state index contributed by atoms with van der Waals surface area (Å²) in [5, 5.41) is 9.76. The van der Waals surface area contributed by atoms with Crippen molar-refractivity contribution in [2.75, 3.05) is 16.8 Å². The molecule has 1 N–H and O–H groups in total. The predicted octanol–water partition coefficient (Wildman–Crippen LogP) is 3.88. The van der Waals surface area contributed by atoms with E-state index in [4.69, 9.17) is 11.6 Å². The van der Waals surface area contributed by atoms with Crippen LogP contribution in [0.2, 0.25) is 5.02 Å². The number of hydrogen-bond donors (Lipinski definition) is 1. The third-order valence-corrected chi connectivity index (χ3v) is 7.29. The largest absolute Gasteiger partial charge is 0.321 e. The number of amides is 1. The van der Waals surface area contributed by atoms with E-state index in [2.05, 4.69) is 10.4 Å². The Kier molecular flexibility index (Phi) is 4.79. The van der Waals surface area contributed by atoms with Crippen LogP contribution in [-0.2, 0) is 9.84 Å². The van der Waals surface area contributed by atoms with E-state index in [1.165, 1.54) is 11.3 Å². The van der Waals surface area contributed by atoms with Crippen molar-refractivity contribution >= 4 is 44.4 Å². The SMILES string of the molecule is O=C(Nc1ccc(Cl)cc1)c1cc(-c2cccs2)n(C2CCS(=O)(=O)C2)n1. The van der Waals surface area contributed by atoms with Crippen LogP contribution in [-0.4, -0.2) is 35.6 Å². The molecule has 4 rings (SSSR count). The summed E-state index contributed by atoms with van der Waals surface area (Å²) in [6, 6.07) is 12.1. The van der Waals surface area contributed by atoms with E-state index in [1.54, 1.807) is 35.0 Å². The van der Waals surface area contributed by atoms with Crippen molar-refractivity contribution in [2.24, 2.45) is 0 Å². The first-order valence-corrected chi connectivity index (χ1v) is 11.4. The lowest BCUT2D eigenvalue weighted by molar-refractivity contribution is 0.102. The molecule has 1 aliphatic heterocycles. The summed E-state index contributed by atoms with van der Waals surface area (Å²) < 4.78 is 25.5. The van der Waals surface area contributed by atoms with Crippen molar-refractivity contribution in [3.63, 3.8) is 0 Å². The molecular weight excluding hydrogens is 406 g/mol. The zero-order valence-electron chi connectivity index (χ0n) is 14.1. The van der Waals surface area contributed by atoms with Crippen LogP contribution in [0.25, 0.3) is 10.6 Å². The molecule has 1 aliphatic rings. The van der Waals surface area contributed by atoms with Gasteiger partial charge in [-0.2, -0.15) is 5.10 Å². The minimum atomic E-state index is -3.06. The van der Waals surface area contributed by atoms with Gasteiger partial charge in [0.15, 0.2) is 15.5 Å². The van der Waals surface area contributed by atoms with E-state index < -0.39 is 9.84 Å². The Hall–Kier alpha value is -2.16. The summed E-state index contributed by atoms with van der Waals surface area (Å²) in [6.45, 7) is 0. The fourth-order valence-corrected chi connectivity index (χ4v) is 5.64. The number of sulfone groups is 1. The molecule has 0 bridgehead atoms. The average molecular weight is 422 g/mol. The molecule has 3 heterocycles. The van der Waals surface area contributed by atoms with Gasteiger partial charge >= 0.3 is 0 Å². The van der Waals surface area contributed by atoms with Crippen LogP contribution in [0.4, 0.5) is 5.69 Å². The van der Waals surface area contributed by atoms with Crippen molar-refractivity contribution in [1.82, 2.24) is 9.78 Å². The van der Waals surface area contributed by atoms with Crippen LogP contribution >= 0.6 is 22.9 Å². The zero-order valence-corrected chi connectivity index (χ0v) is 16.5. The van der Waals surface area contributed by atoms with Gasteiger partial charge in [0, 0.05) is 10.7 Å². The van der Waals surface area contributed by atoms with Gasteiger partial charge in [-0.15, -0.1) is 11.3 Å². The summed E-state index contributed by atoms with van der Waals surface area (Å²) in [5.41, 5.74) is 1.62. The fourth-order valence-electron chi connectivity index (χ4n) is 3.09. The molecule has 1 unspecified atom stereocenters. The van der Waals surface area contributed by atoms with Gasteiger partial charge in [0.05, 0.1) is 28.1 Å². The van der Waals surface area contributed by atoms with Gasteiger partial charge in [0.25, 0.3) is 5.91 Å². The number of nitrogens with zero attached hydrogens (tertiary/aromatic N) is 2. The molecule has 1 fully saturated rings. The highest BCUT2D eigenvalue weighted by molar-refractivity contribution is 7.91. The van der Waals surface area contributed by atoms with E-state index in [0.717, 1.165) is 10.6 Å². The highest BCUT2D eigenvalue weighted by Crippen LogP contribution is 2.32. The van der Waals surface area contributed by atoms with Gasteiger partial charge in [-0.25, -0.2) is 8.42 Å². The van der Waals surface area contributed by atoms with Crippen LogP contribution in [0.5, 0.6) is 0 Å². The number of thiophene rings is 1. The monoisotopic (exact) mass is 421 g/mol. The van der Waals surface area contributed by atoms with Crippen LogP contribution in [0.15, 0.2) is 47.8 Å². The lowest BCUT2D eigenvalue weighted by atomic mass is 10.2. The molecule has 1 atom stereocenters. The highest BCUT2D eigenvalue weighted by atomic mass is 35.5. The van der Waals surface area contributed by atoms with Crippen molar-refractivity contribution in [1.29, 1.82) is 0 Å². The number of carbonyl (C=O) groups is 1. The molecular formula is C18H16ClN3O3S2. The lowest BCUT2D eigenvalue weighted by Gasteiger charge is -2.12. The molecule has 0 radical (unpaired) electrons. The predicted molar refractivity (Wildman–Crippen MR) is 107 cm³/mol. The summed E-state index contributed by atoms with van der Waals surface area (Å²) in [7, 11) is -3.06. The number of rotatable bonds is 4. The lowest BCUT2D eigenvalue weighted by Crippen LogP contribution is -2.16. The highest BCUT2D eigenvalue weighted by Gasteiger charge is 2.32. The van der Waals surface area contributed by atoms with Crippen LogP contribution in [0, 0.1) is 0 Å². The fraction of sp³-hybridized carbons (Fsp3) is 0.222. The number of anilines is 1. The number of nitrogens with one attached hydrogen (secondary N) is 1. The van der Waals surface area contributed by atoms with E-state index in [0.29, 0.717) is 17.1 Å². The second-order valence-corrected chi connectivity index (χ2v) is 9.97. The van der Waals surface area contributed by atoms with Gasteiger partial charge < -0.3 is 5.32 Å². The number of halogens is 1. The third kappa shape index (κ3) is 3.92. The van der Waals surface area contributed by atoms with Gasteiger partial charge in [-0.3, -0.25) is 9.48 Å². The Morgan fingerprint density at radius 1 is 1.26 bits per heavy atom. The molecule has 0 spiro atoms. The Labute approximate surface area is 165 Å². The maximum Gasteiger partial charge on any atom is 0.276 e. The molecule has 6 nitrogen and oxygen atoms in total. The molecule has 27 heavy (non-hydrogen) atoms. The van der Waals surface area contributed by atoms with Crippen molar-refractivity contribution in [3.05, 3.63) is 58.6 Å². The topological polar surface area (TPSA) is 81.1 Å². The molecule has 3 aromatic rings. The molecule has 1 saturated heterocycles. The summed E-state index contributed by atoms with van der Waals surface area (Å²) in [5.74, 6) is -0.159. The van der Waals surface area contributed by atoms with E-state index in [9.17, 15) is 13.2 Å². The molecule has 1 amide bonds. The second-order valence-electron chi connectivity index (χ2n) is 6.35. The summed E-state index contributed by atoms with van der Waals surface area (Å²) in [6.07, 6.45) is 0.501. The number of hydrogen-bond acceptors (Lipinski definition) is 5. The molecule has 0 aliphatic carbocycles. The van der Waals surface area contributed by atoms with Gasteiger partial charge in [0.1, 0.15) is 0 Å². The van der Waals surface area contributed by atoms with Gasteiger partial charge in [-0.05, 0) is 48.2 Å². The first-order chi connectivity index (χ1) is 12.9. The summed E-state index contributed by atoms with van der Waals surface area (Å²) >= 11 is 7.39. The standard InChI is InChI=1S/C18H16ClN3O3S2/c19-12-3-5-13(6-4-12)20-18(23)15-10-16(17-2-1-8-26-17)22(21-15)14-7-9-27(24,25)11-14/h1-6,8,10,14H,7,9,11H2,(H,20,23). The van der Waals surface area contributed by atoms with Gasteiger partial charge in [0.2, 0.25) is 0 Å². The van der Waals surface area contributed by atoms with E-state index in [1.807, 2.05) is 17.5 Å². The second kappa shape index (κ2) is 7.10. The van der Waals surface area contributed by atoms with E-state index >= 15 is 0 Å². The normalized spacial score (nSPS) is 18.5. The van der Waals surface area contributed by atoms with Crippen LogP contribution < -0.4 is 5.32 Å². The molecule has 9 heteroatoms. The minimum Gasteiger partial charge on any atom is -0.321 e. The molecule has 2 aromatic heterocycles. The zero-order chi connectivity index (χ0) is 19.0. The minimum absolute atomic E-state index is 0.0469. The maximum absolute atomic E-state index is 12.6. The first-order valence-electron chi connectivity index (χ1n) is 8.32. The average Bonchev–Trinajstić information content (AvgIpc) is 3.35. The number of carbonyl (C=O) groups excluding carboxylic acids is 1. The van der Waals surface area contributed by atoms with Crippen molar-refractivity contribution in [2.45, 2.75) is 12.5 Å². The number of benzene rings is 1. The summed E-state index contributed by atoms with van der Waals surface area (Å²) in [4.78, 5) is 13.6. The number of aromatic nitrogens is 2.